The zero-order valence-electron chi connectivity index (χ0n) is 6.92. The van der Waals surface area contributed by atoms with Crippen molar-refractivity contribution in [2.24, 2.45) is 5.73 Å². The normalized spacial score (nSPS) is 28.4. The van der Waals surface area contributed by atoms with Crippen LogP contribution in [0, 0.1) is 0 Å². The summed E-state index contributed by atoms with van der Waals surface area (Å²) >= 11 is 1.77. The average molecular weight is 180 g/mol. The van der Waals surface area contributed by atoms with E-state index in [1.165, 1.54) is 30.7 Å². The number of thiazole rings is 1. The molecule has 2 aliphatic rings. The predicted molar refractivity (Wildman–Crippen MR) is 49.2 cm³/mol. The van der Waals surface area contributed by atoms with Crippen molar-refractivity contribution in [3.8, 4) is 0 Å². The number of hydrogen-bond donors (Lipinski definition) is 1. The van der Waals surface area contributed by atoms with Crippen LogP contribution in [0.2, 0.25) is 0 Å². The highest BCUT2D eigenvalue weighted by molar-refractivity contribution is 7.09. The molecule has 2 N–H and O–H groups in total. The molecular formula is C9H12N2S. The zero-order valence-corrected chi connectivity index (χ0v) is 7.73. The minimum atomic E-state index is 0.130. The van der Waals surface area contributed by atoms with Crippen molar-refractivity contribution >= 4 is 11.3 Å². The van der Waals surface area contributed by atoms with E-state index in [1.54, 1.807) is 11.3 Å². The van der Waals surface area contributed by atoms with Crippen molar-refractivity contribution in [2.45, 2.75) is 36.6 Å². The van der Waals surface area contributed by atoms with E-state index in [0.717, 1.165) is 0 Å². The van der Waals surface area contributed by atoms with Crippen LogP contribution in [0.1, 0.15) is 30.7 Å². The van der Waals surface area contributed by atoms with Crippen LogP contribution >= 0.6 is 11.3 Å². The van der Waals surface area contributed by atoms with Crippen LogP contribution in [-0.2, 0) is 5.41 Å². The maximum Gasteiger partial charge on any atom is 0.100 e. The van der Waals surface area contributed by atoms with Crippen LogP contribution < -0.4 is 5.73 Å². The molecule has 2 fully saturated rings. The van der Waals surface area contributed by atoms with Gasteiger partial charge >= 0.3 is 0 Å². The lowest BCUT2D eigenvalue weighted by Gasteiger charge is -2.19. The molecule has 0 bridgehead atoms. The van der Waals surface area contributed by atoms with E-state index < -0.39 is 0 Å². The van der Waals surface area contributed by atoms with Gasteiger partial charge in [0.2, 0.25) is 0 Å². The van der Waals surface area contributed by atoms with E-state index in [9.17, 15) is 0 Å². The molecule has 64 valence electrons. The molecule has 0 amide bonds. The quantitative estimate of drug-likeness (QED) is 0.752. The van der Waals surface area contributed by atoms with Crippen molar-refractivity contribution in [3.63, 3.8) is 0 Å². The summed E-state index contributed by atoms with van der Waals surface area (Å²) in [6.45, 7) is 0. The molecule has 0 atom stereocenters. The minimum absolute atomic E-state index is 0.130. The molecule has 0 spiro atoms. The molecule has 1 aromatic rings. The molecule has 0 radical (unpaired) electrons. The van der Waals surface area contributed by atoms with Crippen molar-refractivity contribution in [3.05, 3.63) is 16.6 Å². The Morgan fingerprint density at radius 2 is 2.08 bits per heavy atom. The summed E-state index contributed by atoms with van der Waals surface area (Å²) in [5, 5.41) is 3.34. The maximum atomic E-state index is 6.24. The fourth-order valence-electron chi connectivity index (χ4n) is 2.12. The fourth-order valence-corrected chi connectivity index (χ4v) is 3.13. The van der Waals surface area contributed by atoms with E-state index in [2.05, 4.69) is 10.4 Å². The first-order valence-electron chi connectivity index (χ1n) is 4.46. The molecule has 1 aromatic heterocycles. The second kappa shape index (κ2) is 1.91. The minimum Gasteiger partial charge on any atom is -0.324 e. The molecule has 1 heterocycles. The van der Waals surface area contributed by atoms with E-state index in [4.69, 9.17) is 5.73 Å². The summed E-state index contributed by atoms with van der Waals surface area (Å²) < 4.78 is 0. The third-order valence-electron chi connectivity index (χ3n) is 3.33. The van der Waals surface area contributed by atoms with E-state index >= 15 is 0 Å². The van der Waals surface area contributed by atoms with Gasteiger partial charge in [0.15, 0.2) is 0 Å². The van der Waals surface area contributed by atoms with Gasteiger partial charge in [0.1, 0.15) is 5.01 Å². The lowest BCUT2D eigenvalue weighted by atomic mass is 9.95. The van der Waals surface area contributed by atoms with Crippen LogP contribution in [0.15, 0.2) is 11.6 Å². The molecule has 3 heteroatoms. The van der Waals surface area contributed by atoms with Crippen molar-refractivity contribution in [2.75, 3.05) is 0 Å². The van der Waals surface area contributed by atoms with Crippen LogP contribution in [0.4, 0.5) is 0 Å². The first-order chi connectivity index (χ1) is 5.77. The van der Waals surface area contributed by atoms with Gasteiger partial charge in [-0.3, -0.25) is 0 Å². The number of aromatic nitrogens is 1. The summed E-state index contributed by atoms with van der Waals surface area (Å²) in [7, 11) is 0. The van der Waals surface area contributed by atoms with Crippen LogP contribution in [0.25, 0.3) is 0 Å². The smallest absolute Gasteiger partial charge is 0.100 e. The molecular weight excluding hydrogens is 168 g/mol. The van der Waals surface area contributed by atoms with E-state index in [0.29, 0.717) is 5.41 Å². The lowest BCUT2D eigenvalue weighted by Crippen LogP contribution is -2.37. The second-order valence-corrected chi connectivity index (χ2v) is 4.97. The van der Waals surface area contributed by atoms with Gasteiger partial charge in [-0.2, -0.15) is 0 Å². The maximum absolute atomic E-state index is 6.24. The van der Waals surface area contributed by atoms with Gasteiger partial charge in [-0.05, 0) is 25.7 Å². The Hall–Kier alpha value is -0.410. The van der Waals surface area contributed by atoms with Crippen molar-refractivity contribution < 1.29 is 0 Å². The molecule has 2 saturated carbocycles. The monoisotopic (exact) mass is 180 g/mol. The van der Waals surface area contributed by atoms with Crippen molar-refractivity contribution in [1.82, 2.24) is 4.98 Å². The summed E-state index contributed by atoms with van der Waals surface area (Å²) in [5.41, 5.74) is 6.68. The largest absolute Gasteiger partial charge is 0.324 e. The second-order valence-electron chi connectivity index (χ2n) is 4.08. The summed E-state index contributed by atoms with van der Waals surface area (Å²) in [6, 6.07) is 0. The van der Waals surface area contributed by atoms with Crippen LogP contribution in [0.3, 0.4) is 0 Å². The lowest BCUT2D eigenvalue weighted by molar-refractivity contribution is 0.501. The Balaban J connectivity index is 2.02. The van der Waals surface area contributed by atoms with E-state index in [1.807, 2.05) is 6.20 Å². The van der Waals surface area contributed by atoms with Gasteiger partial charge < -0.3 is 5.73 Å². The van der Waals surface area contributed by atoms with Gasteiger partial charge in [0.05, 0.1) is 0 Å². The Kier molecular flexibility index (Phi) is 1.12. The molecule has 0 unspecified atom stereocenters. The van der Waals surface area contributed by atoms with Crippen molar-refractivity contribution in [1.29, 1.82) is 0 Å². The Labute approximate surface area is 75.8 Å². The molecule has 0 aliphatic heterocycles. The molecule has 12 heavy (non-hydrogen) atoms. The summed E-state index contributed by atoms with van der Waals surface area (Å²) in [5.74, 6) is 0. The van der Waals surface area contributed by atoms with Gasteiger partial charge in [-0.15, -0.1) is 11.3 Å². The van der Waals surface area contributed by atoms with Gasteiger partial charge in [-0.1, -0.05) is 0 Å². The third kappa shape index (κ3) is 0.709. The predicted octanol–water partition coefficient (Wildman–Crippen LogP) is 1.67. The first kappa shape index (κ1) is 7.04. The number of rotatable bonds is 2. The zero-order chi connectivity index (χ0) is 8.23. The Bertz CT molecular complexity index is 296. The van der Waals surface area contributed by atoms with Gasteiger partial charge in [0.25, 0.3) is 0 Å². The highest BCUT2D eigenvalue weighted by Gasteiger charge is 2.65. The number of hydrogen-bond acceptors (Lipinski definition) is 3. The summed E-state index contributed by atoms with van der Waals surface area (Å²) in [4.78, 5) is 4.40. The number of nitrogens with zero attached hydrogens (tertiary/aromatic N) is 1. The Morgan fingerprint density at radius 3 is 2.50 bits per heavy atom. The number of nitrogens with two attached hydrogens (primary N) is 1. The molecule has 0 aromatic carbocycles. The fraction of sp³-hybridized carbons (Fsp3) is 0.667. The van der Waals surface area contributed by atoms with E-state index in [-0.39, 0.29) is 5.54 Å². The Morgan fingerprint density at radius 1 is 1.33 bits per heavy atom. The molecule has 0 saturated heterocycles. The van der Waals surface area contributed by atoms with Crippen LogP contribution in [-0.4, -0.2) is 10.5 Å². The highest BCUT2D eigenvalue weighted by Crippen LogP contribution is 2.63. The molecule has 2 aliphatic carbocycles. The topological polar surface area (TPSA) is 38.9 Å². The van der Waals surface area contributed by atoms with Crippen LogP contribution in [0.5, 0.6) is 0 Å². The SMILES string of the molecule is NC1(C2(c3nccs3)CC2)CC1. The third-order valence-corrected chi connectivity index (χ3v) is 4.31. The first-order valence-corrected chi connectivity index (χ1v) is 5.34. The molecule has 3 rings (SSSR count). The standard InChI is InChI=1S/C9H12N2S/c10-9(3-4-9)8(1-2-8)7-11-5-6-12-7/h5-6H,1-4,10H2. The van der Waals surface area contributed by atoms with Gasteiger partial charge in [0, 0.05) is 22.5 Å². The molecule has 2 nitrogen and oxygen atoms in total. The van der Waals surface area contributed by atoms with Gasteiger partial charge in [-0.25, -0.2) is 4.98 Å². The summed E-state index contributed by atoms with van der Waals surface area (Å²) in [6.07, 6.45) is 6.82. The highest BCUT2D eigenvalue weighted by atomic mass is 32.1. The average Bonchev–Trinajstić information content (AvgIpc) is 2.96.